The van der Waals surface area contributed by atoms with Gasteiger partial charge in [0, 0.05) is 18.8 Å². The van der Waals surface area contributed by atoms with Crippen LogP contribution in [0.5, 0.6) is 0 Å². The summed E-state index contributed by atoms with van der Waals surface area (Å²) in [4.78, 5) is 41.7. The Bertz CT molecular complexity index is 672. The maximum atomic E-state index is 12.6. The van der Waals surface area contributed by atoms with E-state index in [-0.39, 0.29) is 23.8 Å². The summed E-state index contributed by atoms with van der Waals surface area (Å²) in [6.45, 7) is 8.31. The molecule has 0 radical (unpaired) electrons. The summed E-state index contributed by atoms with van der Waals surface area (Å²) in [6.07, 6.45) is 3.34. The first-order chi connectivity index (χ1) is 12.4. The lowest BCUT2D eigenvalue weighted by atomic mass is 10.1. The molecule has 1 amide bonds. The molecular weight excluding hydrogens is 336 g/mol. The Morgan fingerprint density at radius 1 is 1.08 bits per heavy atom. The summed E-state index contributed by atoms with van der Waals surface area (Å²) in [5.41, 5.74) is 1.51. The number of hydrogen-bond donors (Lipinski definition) is 1. The van der Waals surface area contributed by atoms with E-state index in [2.05, 4.69) is 4.98 Å². The summed E-state index contributed by atoms with van der Waals surface area (Å²) in [6, 6.07) is 0. The van der Waals surface area contributed by atoms with E-state index in [4.69, 9.17) is 9.47 Å². The van der Waals surface area contributed by atoms with E-state index >= 15 is 0 Å². The number of aromatic nitrogens is 1. The molecule has 1 aliphatic heterocycles. The molecule has 1 aromatic rings. The molecule has 7 heteroatoms. The van der Waals surface area contributed by atoms with Crippen LogP contribution in [0.1, 0.15) is 71.6 Å². The zero-order chi connectivity index (χ0) is 19.3. The number of aryl methyl sites for hydroxylation is 1. The minimum Gasteiger partial charge on any atom is -0.461 e. The topological polar surface area (TPSA) is 88.7 Å². The van der Waals surface area contributed by atoms with Gasteiger partial charge in [-0.05, 0) is 46.1 Å². The summed E-state index contributed by atoms with van der Waals surface area (Å²) >= 11 is 0. The van der Waals surface area contributed by atoms with Crippen LogP contribution in [0.4, 0.5) is 0 Å². The molecule has 1 aromatic heterocycles. The van der Waals surface area contributed by atoms with Gasteiger partial charge in [-0.2, -0.15) is 0 Å². The zero-order valence-corrected chi connectivity index (χ0v) is 16.0. The molecule has 0 aliphatic carbocycles. The Hall–Kier alpha value is -2.31. The molecule has 1 fully saturated rings. The zero-order valence-electron chi connectivity index (χ0n) is 16.0. The van der Waals surface area contributed by atoms with Crippen LogP contribution in [0.25, 0.3) is 0 Å². The maximum absolute atomic E-state index is 12.6. The van der Waals surface area contributed by atoms with Crippen molar-refractivity contribution in [3.8, 4) is 0 Å². The number of carbonyl (C=O) groups is 3. The van der Waals surface area contributed by atoms with Crippen molar-refractivity contribution in [2.75, 3.05) is 19.7 Å². The van der Waals surface area contributed by atoms with Crippen molar-refractivity contribution in [2.45, 2.75) is 59.5 Å². The first-order valence-corrected chi connectivity index (χ1v) is 9.22. The summed E-state index contributed by atoms with van der Waals surface area (Å²) < 4.78 is 10.4. The molecule has 0 saturated carbocycles. The molecule has 144 valence electrons. The van der Waals surface area contributed by atoms with Crippen LogP contribution >= 0.6 is 0 Å². The van der Waals surface area contributed by atoms with Gasteiger partial charge in [0.25, 0.3) is 5.91 Å². The highest BCUT2D eigenvalue weighted by atomic mass is 16.5. The molecule has 1 N–H and O–H groups in total. The van der Waals surface area contributed by atoms with E-state index in [1.165, 1.54) is 0 Å². The predicted octanol–water partition coefficient (Wildman–Crippen LogP) is 2.76. The highest BCUT2D eigenvalue weighted by Gasteiger charge is 2.28. The minimum atomic E-state index is -0.861. The molecule has 0 aromatic carbocycles. The van der Waals surface area contributed by atoms with Crippen molar-refractivity contribution in [3.63, 3.8) is 0 Å². The average Bonchev–Trinajstić information content (AvgIpc) is 2.78. The van der Waals surface area contributed by atoms with Crippen molar-refractivity contribution < 1.29 is 23.9 Å². The van der Waals surface area contributed by atoms with Gasteiger partial charge in [-0.1, -0.05) is 12.8 Å². The molecule has 0 spiro atoms. The number of ether oxygens (including phenoxy) is 2. The van der Waals surface area contributed by atoms with Gasteiger partial charge in [0.05, 0.1) is 12.2 Å². The van der Waals surface area contributed by atoms with Crippen LogP contribution in [-0.2, 0) is 14.3 Å². The monoisotopic (exact) mass is 364 g/mol. The van der Waals surface area contributed by atoms with Crippen molar-refractivity contribution in [1.82, 2.24) is 9.88 Å². The van der Waals surface area contributed by atoms with Gasteiger partial charge < -0.3 is 19.4 Å². The van der Waals surface area contributed by atoms with Crippen molar-refractivity contribution in [1.29, 1.82) is 0 Å². The number of H-pyrrole nitrogens is 1. The van der Waals surface area contributed by atoms with E-state index in [0.717, 1.165) is 25.7 Å². The summed E-state index contributed by atoms with van der Waals surface area (Å²) in [5.74, 6) is -1.29. The normalized spacial score (nSPS) is 15.9. The highest BCUT2D eigenvalue weighted by Crippen LogP contribution is 2.21. The fourth-order valence-corrected chi connectivity index (χ4v) is 3.28. The molecule has 1 atom stereocenters. The number of nitrogens with zero attached hydrogens (tertiary/aromatic N) is 1. The predicted molar refractivity (Wildman–Crippen MR) is 96.1 cm³/mol. The van der Waals surface area contributed by atoms with Gasteiger partial charge in [0.15, 0.2) is 6.10 Å². The number of aromatic amines is 1. The Morgan fingerprint density at radius 3 is 2.27 bits per heavy atom. The van der Waals surface area contributed by atoms with Gasteiger partial charge in [-0.25, -0.2) is 9.59 Å². The van der Waals surface area contributed by atoms with Crippen molar-refractivity contribution >= 4 is 17.8 Å². The molecule has 26 heavy (non-hydrogen) atoms. The van der Waals surface area contributed by atoms with Gasteiger partial charge >= 0.3 is 11.9 Å². The molecule has 1 aliphatic rings. The Morgan fingerprint density at radius 2 is 1.69 bits per heavy atom. The average molecular weight is 364 g/mol. The number of carbonyl (C=O) groups excluding carboxylic acids is 3. The lowest BCUT2D eigenvalue weighted by molar-refractivity contribution is -0.139. The Kier molecular flexibility index (Phi) is 6.83. The first-order valence-electron chi connectivity index (χ1n) is 9.22. The second-order valence-electron chi connectivity index (χ2n) is 6.63. The number of esters is 2. The van der Waals surface area contributed by atoms with Gasteiger partial charge in [0.1, 0.15) is 5.69 Å². The largest absolute Gasteiger partial charge is 0.461 e. The van der Waals surface area contributed by atoms with Gasteiger partial charge in [0.2, 0.25) is 0 Å². The third-order valence-corrected chi connectivity index (χ3v) is 4.67. The highest BCUT2D eigenvalue weighted by molar-refractivity contribution is 5.99. The molecule has 2 heterocycles. The number of nitrogens with one attached hydrogen (secondary N) is 1. The molecule has 2 rings (SSSR count). The standard InChI is InChI=1S/C19H28N2O5/c1-5-25-19(24)16-12(2)15(13(3)20-16)18(23)26-14(4)17(22)21-10-8-6-7-9-11-21/h14,20H,5-11H2,1-4H3/t14-/m1/s1. The van der Waals surface area contributed by atoms with Crippen LogP contribution in [0.3, 0.4) is 0 Å². The number of hydrogen-bond acceptors (Lipinski definition) is 5. The third-order valence-electron chi connectivity index (χ3n) is 4.67. The van der Waals surface area contributed by atoms with Crippen molar-refractivity contribution in [2.24, 2.45) is 0 Å². The molecule has 0 bridgehead atoms. The molecular formula is C19H28N2O5. The van der Waals surface area contributed by atoms with E-state index < -0.39 is 18.0 Å². The van der Waals surface area contributed by atoms with Crippen LogP contribution in [-0.4, -0.2) is 53.5 Å². The molecule has 7 nitrogen and oxygen atoms in total. The maximum Gasteiger partial charge on any atom is 0.355 e. The summed E-state index contributed by atoms with van der Waals surface area (Å²) in [7, 11) is 0. The second kappa shape index (κ2) is 8.87. The first kappa shape index (κ1) is 20.0. The van der Waals surface area contributed by atoms with Crippen LogP contribution in [0.15, 0.2) is 0 Å². The lowest BCUT2D eigenvalue weighted by Gasteiger charge is -2.24. The van der Waals surface area contributed by atoms with Crippen LogP contribution < -0.4 is 0 Å². The van der Waals surface area contributed by atoms with E-state index in [1.54, 1.807) is 32.6 Å². The smallest absolute Gasteiger partial charge is 0.355 e. The SMILES string of the molecule is CCOC(=O)c1[nH]c(C)c(C(=O)O[C@H](C)C(=O)N2CCCCCC2)c1C. The molecule has 1 saturated heterocycles. The lowest BCUT2D eigenvalue weighted by Crippen LogP contribution is -2.40. The quantitative estimate of drug-likeness (QED) is 0.812. The fourth-order valence-electron chi connectivity index (χ4n) is 3.28. The van der Waals surface area contributed by atoms with E-state index in [0.29, 0.717) is 24.3 Å². The Labute approximate surface area is 154 Å². The number of amides is 1. The molecule has 0 unspecified atom stereocenters. The number of rotatable bonds is 5. The third kappa shape index (κ3) is 4.45. The Balaban J connectivity index is 2.09. The summed E-state index contributed by atoms with van der Waals surface area (Å²) in [5, 5.41) is 0. The van der Waals surface area contributed by atoms with Crippen molar-refractivity contribution in [3.05, 3.63) is 22.5 Å². The van der Waals surface area contributed by atoms with Crippen LogP contribution in [0.2, 0.25) is 0 Å². The number of likely N-dealkylation sites (tertiary alicyclic amines) is 1. The fraction of sp³-hybridized carbons (Fsp3) is 0.632. The van der Waals surface area contributed by atoms with Gasteiger partial charge in [-0.15, -0.1) is 0 Å². The second-order valence-corrected chi connectivity index (χ2v) is 6.63. The van der Waals surface area contributed by atoms with E-state index in [9.17, 15) is 14.4 Å². The minimum absolute atomic E-state index is 0.170. The van der Waals surface area contributed by atoms with Crippen LogP contribution in [0, 0.1) is 13.8 Å². The van der Waals surface area contributed by atoms with E-state index in [1.807, 2.05) is 0 Å². The van der Waals surface area contributed by atoms with Gasteiger partial charge in [-0.3, -0.25) is 4.79 Å².